The minimum atomic E-state index is -0.925. The molecule has 3 rings (SSSR count). The van der Waals surface area contributed by atoms with Crippen molar-refractivity contribution in [3.05, 3.63) is 65.7 Å². The molecule has 28 heavy (non-hydrogen) atoms. The summed E-state index contributed by atoms with van der Waals surface area (Å²) in [6.45, 7) is 2.79. The lowest BCUT2D eigenvalue weighted by molar-refractivity contribution is -0.136. The first-order valence-corrected chi connectivity index (χ1v) is 9.83. The van der Waals surface area contributed by atoms with Crippen LogP contribution >= 0.6 is 0 Å². The second kappa shape index (κ2) is 8.57. The number of amides is 2. The molecule has 1 heterocycles. The second-order valence-electron chi connectivity index (χ2n) is 7.41. The Labute approximate surface area is 166 Å². The summed E-state index contributed by atoms with van der Waals surface area (Å²) in [4.78, 5) is 30.0. The molecule has 0 aromatic heterocycles. The molecule has 148 valence electrons. The number of anilines is 1. The molecule has 0 saturated heterocycles. The fourth-order valence-corrected chi connectivity index (χ4v) is 4.19. The highest BCUT2D eigenvalue weighted by Crippen LogP contribution is 2.45. The molecule has 2 amide bonds. The molecule has 0 unspecified atom stereocenters. The Morgan fingerprint density at radius 1 is 1.07 bits per heavy atom. The number of aliphatic hydroxyl groups is 1. The number of para-hydroxylation sites is 1. The summed E-state index contributed by atoms with van der Waals surface area (Å²) in [6.07, 6.45) is 1.38. The van der Waals surface area contributed by atoms with Crippen LogP contribution in [0.3, 0.4) is 0 Å². The first-order valence-electron chi connectivity index (χ1n) is 9.83. The molecular formula is C23H28N2O3. The van der Waals surface area contributed by atoms with Gasteiger partial charge in [0, 0.05) is 32.2 Å². The van der Waals surface area contributed by atoms with Crippen LogP contribution < -0.4 is 4.90 Å². The molecule has 1 N–H and O–H groups in total. The van der Waals surface area contributed by atoms with Crippen LogP contribution in [0.1, 0.15) is 30.9 Å². The van der Waals surface area contributed by atoms with Gasteiger partial charge in [0.2, 0.25) is 11.8 Å². The van der Waals surface area contributed by atoms with Crippen molar-refractivity contribution in [2.75, 3.05) is 31.6 Å². The minimum absolute atomic E-state index is 0.0497. The van der Waals surface area contributed by atoms with Crippen molar-refractivity contribution in [1.82, 2.24) is 4.90 Å². The maximum atomic E-state index is 13.5. The Hall–Kier alpha value is -2.66. The topological polar surface area (TPSA) is 60.9 Å². The fraction of sp³-hybridized carbons (Fsp3) is 0.391. The number of aliphatic hydroxyl groups excluding tert-OH is 1. The predicted molar refractivity (Wildman–Crippen MR) is 110 cm³/mol. The van der Waals surface area contributed by atoms with Crippen LogP contribution in [0.4, 0.5) is 5.69 Å². The van der Waals surface area contributed by atoms with E-state index in [2.05, 4.69) is 0 Å². The van der Waals surface area contributed by atoms with Gasteiger partial charge in [-0.15, -0.1) is 0 Å². The lowest BCUT2D eigenvalue weighted by Crippen LogP contribution is -2.46. The van der Waals surface area contributed by atoms with Gasteiger partial charge in [-0.05, 0) is 30.0 Å². The normalized spacial score (nSPS) is 18.2. The van der Waals surface area contributed by atoms with Gasteiger partial charge in [0.15, 0.2) is 0 Å². The van der Waals surface area contributed by atoms with Crippen molar-refractivity contribution in [2.45, 2.75) is 31.6 Å². The van der Waals surface area contributed by atoms with Gasteiger partial charge in [-0.2, -0.15) is 0 Å². The monoisotopic (exact) mass is 380 g/mol. The summed E-state index contributed by atoms with van der Waals surface area (Å²) in [5.74, 6) is -0.142. The summed E-state index contributed by atoms with van der Waals surface area (Å²) in [5.41, 5.74) is 1.86. The van der Waals surface area contributed by atoms with E-state index in [0.717, 1.165) is 23.2 Å². The Balaban J connectivity index is 2.03. The standard InChI is InChI=1S/C23H28N2O3/c1-3-13-25(14-15-26)21(27)17-23(16-18-9-5-4-6-10-18)19-11-7-8-12-20(19)24(2)22(23)28/h4-12,26H,3,13-17H2,1-2H3/t23-/m0/s1. The lowest BCUT2D eigenvalue weighted by Gasteiger charge is -2.31. The Kier molecular flexibility index (Phi) is 6.15. The van der Waals surface area contributed by atoms with Gasteiger partial charge in [0.1, 0.15) is 0 Å². The van der Waals surface area contributed by atoms with Crippen LogP contribution in [-0.2, 0) is 21.4 Å². The first-order chi connectivity index (χ1) is 13.5. The van der Waals surface area contributed by atoms with E-state index < -0.39 is 5.41 Å². The molecule has 5 heteroatoms. The predicted octanol–water partition coefficient (Wildman–Crippen LogP) is 2.76. The molecule has 2 aromatic rings. The molecule has 1 aliphatic heterocycles. The van der Waals surface area contributed by atoms with Gasteiger partial charge in [-0.1, -0.05) is 55.5 Å². The van der Waals surface area contributed by atoms with E-state index in [1.807, 2.05) is 61.5 Å². The van der Waals surface area contributed by atoms with E-state index in [0.29, 0.717) is 19.5 Å². The van der Waals surface area contributed by atoms with E-state index in [1.54, 1.807) is 16.8 Å². The summed E-state index contributed by atoms with van der Waals surface area (Å²) >= 11 is 0. The zero-order chi connectivity index (χ0) is 20.1. The van der Waals surface area contributed by atoms with Gasteiger partial charge >= 0.3 is 0 Å². The molecular weight excluding hydrogens is 352 g/mol. The van der Waals surface area contributed by atoms with Gasteiger partial charge in [-0.25, -0.2) is 0 Å². The molecule has 0 aliphatic carbocycles. The largest absolute Gasteiger partial charge is 0.395 e. The molecule has 0 fully saturated rings. The van der Waals surface area contributed by atoms with Crippen LogP contribution in [0.5, 0.6) is 0 Å². The van der Waals surface area contributed by atoms with Crippen molar-refractivity contribution in [3.8, 4) is 0 Å². The number of benzene rings is 2. The van der Waals surface area contributed by atoms with E-state index in [1.165, 1.54) is 0 Å². The summed E-state index contributed by atoms with van der Waals surface area (Å²) < 4.78 is 0. The fourth-order valence-electron chi connectivity index (χ4n) is 4.19. The first kappa shape index (κ1) is 20.1. The van der Waals surface area contributed by atoms with Crippen molar-refractivity contribution in [3.63, 3.8) is 0 Å². The molecule has 0 saturated carbocycles. The molecule has 2 aromatic carbocycles. The molecule has 5 nitrogen and oxygen atoms in total. The van der Waals surface area contributed by atoms with Crippen LogP contribution in [0.25, 0.3) is 0 Å². The number of carbonyl (C=O) groups excluding carboxylic acids is 2. The molecule has 1 aliphatic rings. The van der Waals surface area contributed by atoms with Crippen LogP contribution in [0.2, 0.25) is 0 Å². The highest BCUT2D eigenvalue weighted by molar-refractivity contribution is 6.09. The van der Waals surface area contributed by atoms with Crippen LogP contribution in [0, 0.1) is 0 Å². The average Bonchev–Trinajstić information content (AvgIpc) is 2.91. The van der Waals surface area contributed by atoms with Crippen molar-refractivity contribution in [2.24, 2.45) is 0 Å². The van der Waals surface area contributed by atoms with Crippen LogP contribution in [0.15, 0.2) is 54.6 Å². The Morgan fingerprint density at radius 2 is 1.75 bits per heavy atom. The molecule has 0 spiro atoms. The number of likely N-dealkylation sites (N-methyl/N-ethyl adjacent to an activating group) is 1. The third-order valence-electron chi connectivity index (χ3n) is 5.51. The highest BCUT2D eigenvalue weighted by atomic mass is 16.3. The quantitative estimate of drug-likeness (QED) is 0.766. The SMILES string of the molecule is CCCN(CCO)C(=O)C[C@]1(Cc2ccccc2)C(=O)N(C)c2ccccc21. The van der Waals surface area contributed by atoms with Crippen molar-refractivity contribution < 1.29 is 14.7 Å². The maximum Gasteiger partial charge on any atom is 0.238 e. The van der Waals surface area contributed by atoms with Crippen LogP contribution in [-0.4, -0.2) is 48.6 Å². The smallest absolute Gasteiger partial charge is 0.238 e. The molecule has 1 atom stereocenters. The zero-order valence-electron chi connectivity index (χ0n) is 16.6. The average molecular weight is 380 g/mol. The third kappa shape index (κ3) is 3.67. The van der Waals surface area contributed by atoms with E-state index in [9.17, 15) is 14.7 Å². The van der Waals surface area contributed by atoms with Crippen molar-refractivity contribution >= 4 is 17.5 Å². The molecule has 0 bridgehead atoms. The summed E-state index contributed by atoms with van der Waals surface area (Å²) in [5, 5.41) is 9.36. The van der Waals surface area contributed by atoms with Crippen molar-refractivity contribution in [1.29, 1.82) is 0 Å². The maximum absolute atomic E-state index is 13.5. The highest BCUT2D eigenvalue weighted by Gasteiger charge is 2.51. The van der Waals surface area contributed by atoms with E-state index in [-0.39, 0.29) is 24.8 Å². The zero-order valence-corrected chi connectivity index (χ0v) is 16.6. The number of rotatable bonds is 8. The Bertz CT molecular complexity index is 831. The minimum Gasteiger partial charge on any atom is -0.395 e. The Morgan fingerprint density at radius 3 is 2.43 bits per heavy atom. The third-order valence-corrected chi connectivity index (χ3v) is 5.51. The number of fused-ring (bicyclic) bond motifs is 1. The summed E-state index contributed by atoms with van der Waals surface area (Å²) in [7, 11) is 1.77. The van der Waals surface area contributed by atoms with Gasteiger partial charge < -0.3 is 14.9 Å². The second-order valence-corrected chi connectivity index (χ2v) is 7.41. The van der Waals surface area contributed by atoms with Gasteiger partial charge in [-0.3, -0.25) is 9.59 Å². The van der Waals surface area contributed by atoms with Gasteiger partial charge in [0.05, 0.1) is 12.0 Å². The number of carbonyl (C=O) groups is 2. The number of hydrogen-bond acceptors (Lipinski definition) is 3. The van der Waals surface area contributed by atoms with E-state index >= 15 is 0 Å². The van der Waals surface area contributed by atoms with Gasteiger partial charge in [0.25, 0.3) is 0 Å². The molecule has 0 radical (unpaired) electrons. The lowest BCUT2D eigenvalue weighted by atomic mass is 9.73. The van der Waals surface area contributed by atoms with E-state index in [4.69, 9.17) is 0 Å². The summed E-state index contributed by atoms with van der Waals surface area (Å²) in [6, 6.07) is 17.6. The number of hydrogen-bond donors (Lipinski definition) is 1. The number of nitrogens with zero attached hydrogens (tertiary/aromatic N) is 2.